The number of urea groups is 1. The van der Waals surface area contributed by atoms with E-state index in [1.54, 1.807) is 29.4 Å². The number of amides is 2. The Balaban J connectivity index is 0.000000391. The highest BCUT2D eigenvalue weighted by Gasteiger charge is 2.14. The van der Waals surface area contributed by atoms with Crippen molar-refractivity contribution < 1.29 is 9.90 Å². The lowest BCUT2D eigenvalue weighted by Gasteiger charge is -2.22. The van der Waals surface area contributed by atoms with Crippen LogP contribution in [-0.4, -0.2) is 57.8 Å². The number of nitrogens with one attached hydrogen (secondary N) is 2. The molecule has 3 N–H and O–H groups in total. The standard InChI is InChI=1S/C19H20N4O2.C5H11N/c1-2-23(13-14-6-4-3-5-7-14)19(25)22-17-9-8-15(10-18(17)24)16-11-20-21-12-16;1-6-4-2-3-5-6/h3-12,24H,2,13H2,1H3,(H,20,21)(H,22,25);2-5H2,1H3. The molecule has 1 aliphatic heterocycles. The summed E-state index contributed by atoms with van der Waals surface area (Å²) < 4.78 is 0. The maximum Gasteiger partial charge on any atom is 0.322 e. The Hall–Kier alpha value is -3.32. The predicted molar refractivity (Wildman–Crippen MR) is 124 cm³/mol. The minimum Gasteiger partial charge on any atom is -0.506 e. The first-order valence-corrected chi connectivity index (χ1v) is 10.7. The molecule has 1 saturated heterocycles. The molecule has 0 atom stereocenters. The second-order valence-corrected chi connectivity index (χ2v) is 7.66. The highest BCUT2D eigenvalue weighted by molar-refractivity contribution is 5.91. The van der Waals surface area contributed by atoms with Gasteiger partial charge in [0.05, 0.1) is 11.9 Å². The zero-order valence-electron chi connectivity index (χ0n) is 18.2. The number of likely N-dealkylation sites (tertiary alicyclic amines) is 1. The molecule has 0 radical (unpaired) electrons. The molecular formula is C24H31N5O2. The molecule has 2 amide bonds. The average Bonchev–Trinajstić information content (AvgIpc) is 3.49. The van der Waals surface area contributed by atoms with Crippen LogP contribution in [0.1, 0.15) is 25.3 Å². The fraction of sp³-hybridized carbons (Fsp3) is 0.333. The number of benzene rings is 2. The Bertz CT molecular complexity index is 938. The van der Waals surface area contributed by atoms with Crippen LogP contribution in [-0.2, 0) is 6.54 Å². The topological polar surface area (TPSA) is 84.5 Å². The van der Waals surface area contributed by atoms with Gasteiger partial charge in [0.25, 0.3) is 0 Å². The Kier molecular flexibility index (Phi) is 8.06. The van der Waals surface area contributed by atoms with Crippen molar-refractivity contribution in [1.82, 2.24) is 20.0 Å². The molecule has 31 heavy (non-hydrogen) atoms. The summed E-state index contributed by atoms with van der Waals surface area (Å²) in [7, 11) is 2.17. The molecule has 0 unspecified atom stereocenters. The maximum absolute atomic E-state index is 12.5. The summed E-state index contributed by atoms with van der Waals surface area (Å²) in [6, 6.07) is 14.7. The van der Waals surface area contributed by atoms with Gasteiger partial charge in [0.1, 0.15) is 5.75 Å². The zero-order valence-corrected chi connectivity index (χ0v) is 18.2. The Morgan fingerprint density at radius 2 is 1.90 bits per heavy atom. The smallest absolute Gasteiger partial charge is 0.322 e. The van der Waals surface area contributed by atoms with Crippen molar-refractivity contribution in [2.45, 2.75) is 26.3 Å². The van der Waals surface area contributed by atoms with Gasteiger partial charge in [-0.2, -0.15) is 5.10 Å². The van der Waals surface area contributed by atoms with Gasteiger partial charge in [-0.05, 0) is 63.2 Å². The van der Waals surface area contributed by atoms with Gasteiger partial charge in [-0.25, -0.2) is 4.79 Å². The molecule has 4 rings (SSSR count). The van der Waals surface area contributed by atoms with Crippen molar-refractivity contribution >= 4 is 11.7 Å². The van der Waals surface area contributed by atoms with Crippen LogP contribution in [0.3, 0.4) is 0 Å². The van der Waals surface area contributed by atoms with Crippen LogP contribution in [0.2, 0.25) is 0 Å². The molecule has 1 fully saturated rings. The molecule has 0 spiro atoms. The van der Waals surface area contributed by atoms with E-state index < -0.39 is 0 Å². The number of hydrogen-bond acceptors (Lipinski definition) is 4. The molecule has 1 aromatic heterocycles. The first kappa shape index (κ1) is 22.4. The minimum absolute atomic E-state index is 0.0165. The van der Waals surface area contributed by atoms with Gasteiger partial charge in [0.15, 0.2) is 0 Å². The zero-order chi connectivity index (χ0) is 22.1. The van der Waals surface area contributed by atoms with Crippen molar-refractivity contribution in [3.05, 3.63) is 66.5 Å². The van der Waals surface area contributed by atoms with Gasteiger partial charge >= 0.3 is 6.03 Å². The number of aromatic nitrogens is 2. The van der Waals surface area contributed by atoms with E-state index in [0.717, 1.165) is 16.7 Å². The van der Waals surface area contributed by atoms with Gasteiger partial charge in [0, 0.05) is 24.8 Å². The summed E-state index contributed by atoms with van der Waals surface area (Å²) in [6.45, 7) is 5.63. The van der Waals surface area contributed by atoms with E-state index in [1.807, 2.05) is 43.3 Å². The minimum atomic E-state index is -0.252. The molecule has 2 heterocycles. The van der Waals surface area contributed by atoms with E-state index >= 15 is 0 Å². The van der Waals surface area contributed by atoms with Crippen molar-refractivity contribution in [3.8, 4) is 16.9 Å². The van der Waals surface area contributed by atoms with Gasteiger partial charge < -0.3 is 20.2 Å². The third kappa shape index (κ3) is 6.58. The lowest BCUT2D eigenvalue weighted by atomic mass is 10.1. The molecule has 2 aromatic carbocycles. The number of nitrogens with zero attached hydrogens (tertiary/aromatic N) is 3. The van der Waals surface area contributed by atoms with Gasteiger partial charge in [0.2, 0.25) is 0 Å². The fourth-order valence-corrected chi connectivity index (χ4v) is 3.43. The van der Waals surface area contributed by atoms with Crippen LogP contribution >= 0.6 is 0 Å². The van der Waals surface area contributed by atoms with Crippen molar-refractivity contribution in [2.75, 3.05) is 32.0 Å². The lowest BCUT2D eigenvalue weighted by Crippen LogP contribution is -2.34. The van der Waals surface area contributed by atoms with Crippen LogP contribution in [0, 0.1) is 0 Å². The van der Waals surface area contributed by atoms with Crippen LogP contribution in [0.4, 0.5) is 10.5 Å². The number of carbonyl (C=O) groups is 1. The molecule has 7 heteroatoms. The molecule has 7 nitrogen and oxygen atoms in total. The summed E-state index contributed by atoms with van der Waals surface area (Å²) in [5, 5.41) is 19.6. The van der Waals surface area contributed by atoms with E-state index in [1.165, 1.54) is 25.9 Å². The van der Waals surface area contributed by atoms with Crippen LogP contribution < -0.4 is 5.32 Å². The van der Waals surface area contributed by atoms with Gasteiger partial charge in [-0.3, -0.25) is 5.10 Å². The van der Waals surface area contributed by atoms with Crippen LogP contribution in [0.5, 0.6) is 5.75 Å². The number of aromatic hydroxyl groups is 1. The molecule has 0 bridgehead atoms. The number of carbonyl (C=O) groups excluding carboxylic acids is 1. The van der Waals surface area contributed by atoms with E-state index in [9.17, 15) is 9.90 Å². The second-order valence-electron chi connectivity index (χ2n) is 7.66. The Morgan fingerprint density at radius 1 is 1.16 bits per heavy atom. The van der Waals surface area contributed by atoms with Crippen LogP contribution in [0.15, 0.2) is 60.9 Å². The molecule has 3 aromatic rings. The third-order valence-electron chi connectivity index (χ3n) is 5.29. The second kappa shape index (κ2) is 11.2. The summed E-state index contributed by atoms with van der Waals surface area (Å²) in [5.74, 6) is 0.0165. The van der Waals surface area contributed by atoms with Crippen molar-refractivity contribution in [1.29, 1.82) is 0 Å². The van der Waals surface area contributed by atoms with E-state index in [2.05, 4.69) is 27.5 Å². The monoisotopic (exact) mass is 421 g/mol. The first-order valence-electron chi connectivity index (χ1n) is 10.7. The molecule has 0 saturated carbocycles. The number of anilines is 1. The number of rotatable bonds is 5. The van der Waals surface area contributed by atoms with Gasteiger partial charge in [-0.15, -0.1) is 0 Å². The van der Waals surface area contributed by atoms with E-state index in [-0.39, 0.29) is 11.8 Å². The predicted octanol–water partition coefficient (Wildman–Crippen LogP) is 4.55. The molecule has 164 valence electrons. The summed E-state index contributed by atoms with van der Waals surface area (Å²) in [4.78, 5) is 16.5. The highest BCUT2D eigenvalue weighted by atomic mass is 16.3. The lowest BCUT2D eigenvalue weighted by molar-refractivity contribution is 0.212. The highest BCUT2D eigenvalue weighted by Crippen LogP contribution is 2.29. The maximum atomic E-state index is 12.5. The third-order valence-corrected chi connectivity index (χ3v) is 5.29. The number of phenolic OH excluding ortho intramolecular Hbond substituents is 1. The van der Waals surface area contributed by atoms with E-state index in [4.69, 9.17) is 0 Å². The SMILES string of the molecule is CCN(Cc1ccccc1)C(=O)Nc1ccc(-c2cn[nH]c2)cc1O.CN1CCCC1. The Labute approximate surface area is 183 Å². The van der Waals surface area contributed by atoms with E-state index in [0.29, 0.717) is 18.8 Å². The normalized spacial score (nSPS) is 13.4. The van der Waals surface area contributed by atoms with Crippen molar-refractivity contribution in [3.63, 3.8) is 0 Å². The molecular weight excluding hydrogens is 390 g/mol. The fourth-order valence-electron chi connectivity index (χ4n) is 3.43. The van der Waals surface area contributed by atoms with Gasteiger partial charge in [-0.1, -0.05) is 36.4 Å². The number of aromatic amines is 1. The number of hydrogen-bond donors (Lipinski definition) is 3. The summed E-state index contributed by atoms with van der Waals surface area (Å²) >= 11 is 0. The summed E-state index contributed by atoms with van der Waals surface area (Å²) in [6.07, 6.45) is 6.24. The largest absolute Gasteiger partial charge is 0.506 e. The van der Waals surface area contributed by atoms with Crippen molar-refractivity contribution in [2.24, 2.45) is 0 Å². The Morgan fingerprint density at radius 3 is 2.45 bits per heavy atom. The summed E-state index contributed by atoms with van der Waals surface area (Å²) in [5.41, 5.74) is 3.12. The number of H-pyrrole nitrogens is 1. The molecule has 1 aliphatic rings. The quantitative estimate of drug-likeness (QED) is 0.528. The first-order chi connectivity index (χ1) is 15.1. The molecule has 0 aliphatic carbocycles. The van der Waals surface area contributed by atoms with Crippen LogP contribution in [0.25, 0.3) is 11.1 Å². The number of phenols is 1. The average molecular weight is 422 g/mol.